The number of anilines is 2. The van der Waals surface area contributed by atoms with Crippen molar-refractivity contribution in [1.29, 1.82) is 0 Å². The fourth-order valence-electron chi connectivity index (χ4n) is 1.94. The SMILES string of the molecule is COc1ccc(NC(=O)CS[C@@H](C)C(=O)Nc2ccccc2Cl)cc1. The van der Waals surface area contributed by atoms with Crippen molar-refractivity contribution in [2.24, 2.45) is 0 Å². The van der Waals surface area contributed by atoms with Crippen molar-refractivity contribution >= 4 is 46.6 Å². The van der Waals surface area contributed by atoms with Gasteiger partial charge in [-0.2, -0.15) is 0 Å². The van der Waals surface area contributed by atoms with Gasteiger partial charge in [0.1, 0.15) is 5.75 Å². The summed E-state index contributed by atoms with van der Waals surface area (Å²) in [6.45, 7) is 1.75. The number of carbonyl (C=O) groups excluding carboxylic acids is 2. The number of halogens is 1. The predicted octanol–water partition coefficient (Wildman–Crippen LogP) is 4.05. The Bertz CT molecular complexity index is 737. The summed E-state index contributed by atoms with van der Waals surface area (Å²) in [5.74, 6) is 0.517. The number of rotatable bonds is 7. The maximum Gasteiger partial charge on any atom is 0.237 e. The van der Waals surface area contributed by atoms with Crippen LogP contribution in [0, 0.1) is 0 Å². The molecule has 0 radical (unpaired) electrons. The van der Waals surface area contributed by atoms with Crippen LogP contribution < -0.4 is 15.4 Å². The molecule has 2 rings (SSSR count). The molecular weight excluding hydrogens is 360 g/mol. The average Bonchev–Trinajstić information content (AvgIpc) is 2.62. The van der Waals surface area contributed by atoms with Crippen molar-refractivity contribution in [2.45, 2.75) is 12.2 Å². The van der Waals surface area contributed by atoms with Gasteiger partial charge in [0.15, 0.2) is 0 Å². The van der Waals surface area contributed by atoms with Gasteiger partial charge in [-0.05, 0) is 43.3 Å². The third-order valence-electron chi connectivity index (χ3n) is 3.34. The fourth-order valence-corrected chi connectivity index (χ4v) is 2.81. The summed E-state index contributed by atoms with van der Waals surface area (Å²) in [6.07, 6.45) is 0. The van der Waals surface area contributed by atoms with E-state index in [1.807, 2.05) is 0 Å². The van der Waals surface area contributed by atoms with Crippen molar-refractivity contribution in [3.05, 3.63) is 53.6 Å². The second kappa shape index (κ2) is 9.34. The molecule has 0 heterocycles. The normalized spacial score (nSPS) is 11.5. The van der Waals surface area contributed by atoms with Crippen LogP contribution in [0.15, 0.2) is 48.5 Å². The first kappa shape index (κ1) is 19.1. The van der Waals surface area contributed by atoms with E-state index in [4.69, 9.17) is 16.3 Å². The molecule has 7 heteroatoms. The van der Waals surface area contributed by atoms with Gasteiger partial charge in [0.05, 0.1) is 28.8 Å². The molecule has 0 saturated carbocycles. The first-order chi connectivity index (χ1) is 12.0. The molecule has 0 aromatic heterocycles. The molecule has 132 valence electrons. The Labute approximate surface area is 156 Å². The van der Waals surface area contributed by atoms with Crippen LogP contribution in [0.1, 0.15) is 6.92 Å². The average molecular weight is 379 g/mol. The number of methoxy groups -OCH3 is 1. The number of benzene rings is 2. The van der Waals surface area contributed by atoms with Crippen molar-refractivity contribution in [3.8, 4) is 5.75 Å². The lowest BCUT2D eigenvalue weighted by atomic mass is 10.3. The molecule has 1 atom stereocenters. The second-order valence-corrected chi connectivity index (χ2v) is 6.94. The number of amides is 2. The highest BCUT2D eigenvalue weighted by Crippen LogP contribution is 2.22. The Morgan fingerprint density at radius 2 is 1.80 bits per heavy atom. The van der Waals surface area contributed by atoms with E-state index >= 15 is 0 Å². The molecule has 0 saturated heterocycles. The highest BCUT2D eigenvalue weighted by Gasteiger charge is 2.16. The number of carbonyl (C=O) groups is 2. The van der Waals surface area contributed by atoms with Crippen molar-refractivity contribution in [1.82, 2.24) is 0 Å². The highest BCUT2D eigenvalue weighted by atomic mass is 35.5. The molecule has 2 aromatic carbocycles. The number of ether oxygens (including phenoxy) is 1. The van der Waals surface area contributed by atoms with Gasteiger partial charge in [0, 0.05) is 5.69 Å². The summed E-state index contributed by atoms with van der Waals surface area (Å²) in [5.41, 5.74) is 1.24. The van der Waals surface area contributed by atoms with Gasteiger partial charge in [-0.3, -0.25) is 9.59 Å². The topological polar surface area (TPSA) is 67.4 Å². The molecular formula is C18H19ClN2O3S. The Balaban J connectivity index is 1.80. The van der Waals surface area contributed by atoms with Gasteiger partial charge < -0.3 is 15.4 Å². The van der Waals surface area contributed by atoms with Gasteiger partial charge in [-0.1, -0.05) is 23.7 Å². The molecule has 25 heavy (non-hydrogen) atoms. The van der Waals surface area contributed by atoms with E-state index in [0.29, 0.717) is 16.4 Å². The van der Waals surface area contributed by atoms with Gasteiger partial charge >= 0.3 is 0 Å². The Kier molecular flexibility index (Phi) is 7.16. The largest absolute Gasteiger partial charge is 0.497 e. The minimum Gasteiger partial charge on any atom is -0.497 e. The zero-order valence-electron chi connectivity index (χ0n) is 13.9. The van der Waals surface area contributed by atoms with Crippen molar-refractivity contribution < 1.29 is 14.3 Å². The summed E-state index contributed by atoms with van der Waals surface area (Å²) in [6, 6.07) is 14.1. The monoisotopic (exact) mass is 378 g/mol. The molecule has 2 aromatic rings. The molecule has 0 unspecified atom stereocenters. The van der Waals surface area contributed by atoms with E-state index in [9.17, 15) is 9.59 Å². The minimum absolute atomic E-state index is 0.170. The maximum absolute atomic E-state index is 12.2. The zero-order valence-corrected chi connectivity index (χ0v) is 15.5. The van der Waals surface area contributed by atoms with Crippen LogP contribution in [-0.2, 0) is 9.59 Å². The lowest BCUT2D eigenvalue weighted by Gasteiger charge is -2.13. The Morgan fingerprint density at radius 3 is 2.44 bits per heavy atom. The van der Waals surface area contributed by atoms with Crippen LogP contribution in [0.2, 0.25) is 5.02 Å². The van der Waals surface area contributed by atoms with Gasteiger partial charge in [-0.15, -0.1) is 11.8 Å². The van der Waals surface area contributed by atoms with Crippen LogP contribution in [0.25, 0.3) is 0 Å². The van der Waals surface area contributed by atoms with Gasteiger partial charge in [0.2, 0.25) is 11.8 Å². The molecule has 0 spiro atoms. The number of nitrogens with one attached hydrogen (secondary N) is 2. The summed E-state index contributed by atoms with van der Waals surface area (Å²) in [7, 11) is 1.58. The standard InChI is InChI=1S/C18H19ClN2O3S/c1-12(18(23)21-16-6-4-3-5-15(16)19)25-11-17(22)20-13-7-9-14(24-2)10-8-13/h3-10,12H,11H2,1-2H3,(H,20,22)(H,21,23)/t12-/m0/s1. The zero-order chi connectivity index (χ0) is 18.2. The summed E-state index contributed by atoms with van der Waals surface area (Å²) >= 11 is 7.27. The van der Waals surface area contributed by atoms with E-state index in [2.05, 4.69) is 10.6 Å². The van der Waals surface area contributed by atoms with Crippen LogP contribution in [0.3, 0.4) is 0 Å². The quantitative estimate of drug-likeness (QED) is 0.762. The molecule has 5 nitrogen and oxygen atoms in total. The second-order valence-electron chi connectivity index (χ2n) is 5.20. The van der Waals surface area contributed by atoms with E-state index < -0.39 is 5.25 Å². The first-order valence-electron chi connectivity index (χ1n) is 7.60. The fraction of sp³-hybridized carbons (Fsp3) is 0.222. The Hall–Kier alpha value is -2.18. The lowest BCUT2D eigenvalue weighted by Crippen LogP contribution is -2.25. The molecule has 0 aliphatic heterocycles. The molecule has 0 fully saturated rings. The van der Waals surface area contributed by atoms with Crippen LogP contribution in [0.4, 0.5) is 11.4 Å². The molecule has 0 aliphatic carbocycles. The van der Waals surface area contributed by atoms with Crippen molar-refractivity contribution in [2.75, 3.05) is 23.5 Å². The van der Waals surface area contributed by atoms with Crippen molar-refractivity contribution in [3.63, 3.8) is 0 Å². The summed E-state index contributed by atoms with van der Waals surface area (Å²) < 4.78 is 5.07. The van der Waals surface area contributed by atoms with E-state index in [0.717, 1.165) is 5.75 Å². The Morgan fingerprint density at radius 1 is 1.12 bits per heavy atom. The van der Waals surface area contributed by atoms with Crippen LogP contribution in [0.5, 0.6) is 5.75 Å². The van der Waals surface area contributed by atoms with E-state index in [1.54, 1.807) is 62.6 Å². The highest BCUT2D eigenvalue weighted by molar-refractivity contribution is 8.01. The number of thioether (sulfide) groups is 1. The molecule has 0 bridgehead atoms. The summed E-state index contributed by atoms with van der Waals surface area (Å²) in [4.78, 5) is 24.2. The number of hydrogen-bond donors (Lipinski definition) is 2. The van der Waals surface area contributed by atoms with E-state index in [1.165, 1.54) is 11.8 Å². The molecule has 2 amide bonds. The third kappa shape index (κ3) is 5.99. The third-order valence-corrected chi connectivity index (χ3v) is 4.81. The van der Waals surface area contributed by atoms with Crippen LogP contribution in [-0.4, -0.2) is 29.9 Å². The predicted molar refractivity (Wildman–Crippen MR) is 104 cm³/mol. The van der Waals surface area contributed by atoms with Gasteiger partial charge in [-0.25, -0.2) is 0 Å². The summed E-state index contributed by atoms with van der Waals surface area (Å²) in [5, 5.41) is 5.62. The van der Waals surface area contributed by atoms with Crippen LogP contribution >= 0.6 is 23.4 Å². The number of para-hydroxylation sites is 1. The first-order valence-corrected chi connectivity index (χ1v) is 9.03. The maximum atomic E-state index is 12.2. The molecule has 2 N–H and O–H groups in total. The minimum atomic E-state index is -0.391. The van der Waals surface area contributed by atoms with E-state index in [-0.39, 0.29) is 17.6 Å². The smallest absolute Gasteiger partial charge is 0.237 e. The van der Waals surface area contributed by atoms with Gasteiger partial charge in [0.25, 0.3) is 0 Å². The lowest BCUT2D eigenvalue weighted by molar-refractivity contribution is -0.115. The molecule has 0 aliphatic rings. The number of hydrogen-bond acceptors (Lipinski definition) is 4.